The number of anilines is 1. The molecule has 1 atom stereocenters. The van der Waals surface area contributed by atoms with E-state index in [4.69, 9.17) is 11.6 Å². The van der Waals surface area contributed by atoms with Gasteiger partial charge in [0, 0.05) is 35.6 Å². The minimum absolute atomic E-state index is 0.0444. The molecule has 1 aromatic heterocycles. The number of halogens is 1. The molecule has 0 fully saturated rings. The maximum absolute atomic E-state index is 11.9. The Balaban J connectivity index is 1.82. The molecule has 0 aliphatic carbocycles. The number of hydrogen-bond donors (Lipinski definition) is 2. The number of nitrogens with one attached hydrogen (secondary N) is 2. The van der Waals surface area contributed by atoms with Crippen LogP contribution in [0, 0.1) is 0 Å². The maximum Gasteiger partial charge on any atom is 0.251 e. The number of benzene rings is 1. The molecule has 0 aliphatic heterocycles. The minimum Gasteiger partial charge on any atom is -0.365 e. The SMILES string of the molecule is C[C@H](CNC(=O)c1ccc(Cl)cc1)Nc1cnccn1. The van der Waals surface area contributed by atoms with Gasteiger partial charge in [-0.1, -0.05) is 11.6 Å². The zero-order valence-corrected chi connectivity index (χ0v) is 11.8. The molecule has 6 heteroatoms. The van der Waals surface area contributed by atoms with Gasteiger partial charge < -0.3 is 10.6 Å². The number of carbonyl (C=O) groups is 1. The van der Waals surface area contributed by atoms with Crippen molar-refractivity contribution in [1.82, 2.24) is 15.3 Å². The normalized spacial score (nSPS) is 11.7. The van der Waals surface area contributed by atoms with Crippen molar-refractivity contribution in [3.05, 3.63) is 53.4 Å². The van der Waals surface area contributed by atoms with E-state index >= 15 is 0 Å². The summed E-state index contributed by atoms with van der Waals surface area (Å²) < 4.78 is 0. The highest BCUT2D eigenvalue weighted by atomic mass is 35.5. The molecular formula is C14H15ClN4O. The molecule has 2 aromatic rings. The van der Waals surface area contributed by atoms with Gasteiger partial charge in [-0.05, 0) is 31.2 Å². The minimum atomic E-state index is -0.130. The van der Waals surface area contributed by atoms with Gasteiger partial charge in [-0.3, -0.25) is 9.78 Å². The average Bonchev–Trinajstić information content (AvgIpc) is 2.46. The van der Waals surface area contributed by atoms with E-state index in [0.29, 0.717) is 22.9 Å². The van der Waals surface area contributed by atoms with Crippen molar-refractivity contribution in [2.24, 2.45) is 0 Å². The van der Waals surface area contributed by atoms with Crippen LogP contribution >= 0.6 is 11.6 Å². The number of rotatable bonds is 5. The highest BCUT2D eigenvalue weighted by Gasteiger charge is 2.08. The summed E-state index contributed by atoms with van der Waals surface area (Å²) in [6.07, 6.45) is 4.86. The zero-order chi connectivity index (χ0) is 14.4. The molecule has 1 amide bonds. The highest BCUT2D eigenvalue weighted by Crippen LogP contribution is 2.09. The molecule has 5 nitrogen and oxygen atoms in total. The molecule has 0 saturated heterocycles. The fourth-order valence-electron chi connectivity index (χ4n) is 1.63. The summed E-state index contributed by atoms with van der Waals surface area (Å²) in [5.74, 6) is 0.551. The topological polar surface area (TPSA) is 66.9 Å². The number of amides is 1. The Morgan fingerprint density at radius 2 is 2.05 bits per heavy atom. The first kappa shape index (κ1) is 14.3. The Morgan fingerprint density at radius 1 is 1.30 bits per heavy atom. The number of hydrogen-bond acceptors (Lipinski definition) is 4. The predicted octanol–water partition coefficient (Wildman–Crippen LogP) is 2.36. The predicted molar refractivity (Wildman–Crippen MR) is 78.9 cm³/mol. The summed E-state index contributed by atoms with van der Waals surface area (Å²) in [6, 6.07) is 6.81. The fourth-order valence-corrected chi connectivity index (χ4v) is 1.75. The van der Waals surface area contributed by atoms with E-state index in [2.05, 4.69) is 20.6 Å². The van der Waals surface area contributed by atoms with Crippen LogP contribution in [0.4, 0.5) is 5.82 Å². The Hall–Kier alpha value is -2.14. The van der Waals surface area contributed by atoms with Gasteiger partial charge in [0.15, 0.2) is 0 Å². The van der Waals surface area contributed by atoms with E-state index in [1.165, 1.54) is 0 Å². The Morgan fingerprint density at radius 3 is 2.70 bits per heavy atom. The number of aromatic nitrogens is 2. The molecular weight excluding hydrogens is 276 g/mol. The number of carbonyl (C=O) groups excluding carboxylic acids is 1. The van der Waals surface area contributed by atoms with Crippen molar-refractivity contribution in [2.75, 3.05) is 11.9 Å². The van der Waals surface area contributed by atoms with E-state index in [9.17, 15) is 4.79 Å². The molecule has 0 bridgehead atoms. The van der Waals surface area contributed by atoms with Crippen LogP contribution in [-0.2, 0) is 0 Å². The van der Waals surface area contributed by atoms with Crippen LogP contribution in [0.3, 0.4) is 0 Å². The second-order valence-electron chi connectivity index (χ2n) is 4.35. The molecule has 0 spiro atoms. The third-order valence-electron chi connectivity index (χ3n) is 2.63. The molecule has 0 radical (unpaired) electrons. The zero-order valence-electron chi connectivity index (χ0n) is 11.0. The summed E-state index contributed by atoms with van der Waals surface area (Å²) in [5.41, 5.74) is 0.584. The monoisotopic (exact) mass is 290 g/mol. The summed E-state index contributed by atoms with van der Waals surface area (Å²) in [4.78, 5) is 20.0. The van der Waals surface area contributed by atoms with E-state index in [0.717, 1.165) is 0 Å². The van der Waals surface area contributed by atoms with Crippen LogP contribution in [0.1, 0.15) is 17.3 Å². The van der Waals surface area contributed by atoms with Crippen LogP contribution in [0.2, 0.25) is 5.02 Å². The standard InChI is InChI=1S/C14H15ClN4O/c1-10(19-13-9-16-6-7-17-13)8-18-14(20)11-2-4-12(15)5-3-11/h2-7,9-10H,8H2,1H3,(H,17,19)(H,18,20)/t10-/m1/s1. The van der Waals surface area contributed by atoms with E-state index in [1.807, 2.05) is 6.92 Å². The van der Waals surface area contributed by atoms with Crippen molar-refractivity contribution in [3.8, 4) is 0 Å². The van der Waals surface area contributed by atoms with Gasteiger partial charge in [-0.15, -0.1) is 0 Å². The third kappa shape index (κ3) is 4.20. The Bertz CT molecular complexity index is 559. The first-order chi connectivity index (χ1) is 9.65. The van der Waals surface area contributed by atoms with Crippen LogP contribution in [0.25, 0.3) is 0 Å². The fraction of sp³-hybridized carbons (Fsp3) is 0.214. The number of nitrogens with zero attached hydrogens (tertiary/aromatic N) is 2. The largest absolute Gasteiger partial charge is 0.365 e. The van der Waals surface area contributed by atoms with Gasteiger partial charge in [0.2, 0.25) is 0 Å². The maximum atomic E-state index is 11.9. The summed E-state index contributed by atoms with van der Waals surface area (Å²) in [5, 5.41) is 6.60. The molecule has 0 unspecified atom stereocenters. The van der Waals surface area contributed by atoms with Gasteiger partial charge in [0.1, 0.15) is 5.82 Å². The average molecular weight is 291 g/mol. The third-order valence-corrected chi connectivity index (χ3v) is 2.88. The molecule has 104 valence electrons. The van der Waals surface area contributed by atoms with Crippen molar-refractivity contribution in [1.29, 1.82) is 0 Å². The second-order valence-corrected chi connectivity index (χ2v) is 4.79. The molecule has 1 heterocycles. The van der Waals surface area contributed by atoms with E-state index < -0.39 is 0 Å². The summed E-state index contributed by atoms with van der Waals surface area (Å²) >= 11 is 5.78. The van der Waals surface area contributed by atoms with Crippen molar-refractivity contribution < 1.29 is 4.79 Å². The van der Waals surface area contributed by atoms with Gasteiger partial charge in [0.25, 0.3) is 5.91 Å². The summed E-state index contributed by atoms with van der Waals surface area (Å²) in [6.45, 7) is 2.44. The van der Waals surface area contributed by atoms with Gasteiger partial charge in [0.05, 0.1) is 6.20 Å². The van der Waals surface area contributed by atoms with Crippen LogP contribution < -0.4 is 10.6 Å². The smallest absolute Gasteiger partial charge is 0.251 e. The van der Waals surface area contributed by atoms with Crippen molar-refractivity contribution in [2.45, 2.75) is 13.0 Å². The Labute approximate surface area is 122 Å². The lowest BCUT2D eigenvalue weighted by Gasteiger charge is -2.15. The van der Waals surface area contributed by atoms with Crippen molar-refractivity contribution >= 4 is 23.3 Å². The first-order valence-corrected chi connectivity index (χ1v) is 6.59. The van der Waals surface area contributed by atoms with Gasteiger partial charge >= 0.3 is 0 Å². The molecule has 1 aromatic carbocycles. The van der Waals surface area contributed by atoms with Gasteiger partial charge in [-0.2, -0.15) is 0 Å². The van der Waals surface area contributed by atoms with Gasteiger partial charge in [-0.25, -0.2) is 4.98 Å². The Kier molecular flexibility index (Phi) is 4.90. The lowest BCUT2D eigenvalue weighted by molar-refractivity contribution is 0.0952. The second kappa shape index (κ2) is 6.86. The van der Waals surface area contributed by atoms with Crippen molar-refractivity contribution in [3.63, 3.8) is 0 Å². The lowest BCUT2D eigenvalue weighted by Crippen LogP contribution is -2.34. The van der Waals surface area contributed by atoms with E-state index in [-0.39, 0.29) is 11.9 Å². The summed E-state index contributed by atoms with van der Waals surface area (Å²) in [7, 11) is 0. The molecule has 0 aliphatic rings. The molecule has 2 rings (SSSR count). The highest BCUT2D eigenvalue weighted by molar-refractivity contribution is 6.30. The molecule has 0 saturated carbocycles. The quantitative estimate of drug-likeness (QED) is 0.887. The van der Waals surface area contributed by atoms with Crippen LogP contribution in [0.15, 0.2) is 42.9 Å². The lowest BCUT2D eigenvalue weighted by atomic mass is 10.2. The molecule has 2 N–H and O–H groups in total. The van der Waals surface area contributed by atoms with Crippen LogP contribution in [0.5, 0.6) is 0 Å². The molecule has 20 heavy (non-hydrogen) atoms. The van der Waals surface area contributed by atoms with E-state index in [1.54, 1.807) is 42.9 Å². The van der Waals surface area contributed by atoms with Crippen LogP contribution in [-0.4, -0.2) is 28.5 Å². The first-order valence-electron chi connectivity index (χ1n) is 6.21.